The summed E-state index contributed by atoms with van der Waals surface area (Å²) in [5, 5.41) is 8.47. The molecule has 0 aromatic heterocycles. The lowest BCUT2D eigenvalue weighted by atomic mass is 9.97. The Morgan fingerprint density at radius 2 is 1.36 bits per heavy atom. The zero-order valence-electron chi connectivity index (χ0n) is 15.7. The van der Waals surface area contributed by atoms with Gasteiger partial charge in [-0.25, -0.2) is 9.78 Å². The predicted octanol–water partition coefficient (Wildman–Crippen LogP) is 4.43. The fraction of sp³-hybridized carbons (Fsp3) is 0.938. The van der Waals surface area contributed by atoms with Gasteiger partial charge in [-0.15, -0.1) is 5.11 Å². The quantitative estimate of drug-likeness (QED) is 0.314. The van der Waals surface area contributed by atoms with Crippen LogP contribution in [0.4, 0.5) is 0 Å². The standard InChI is InChI=1S/C16H32N2O4/c1-12(19)20-16(10,18-17-13(2,3)4)11-15(8,9)22-21-14(5,6)7/h11H2,1-10H3. The molecule has 0 spiro atoms. The molecule has 0 rings (SSSR count). The lowest BCUT2D eigenvalue weighted by Crippen LogP contribution is -2.40. The molecule has 0 bridgehead atoms. The minimum atomic E-state index is -1.11. The summed E-state index contributed by atoms with van der Waals surface area (Å²) in [6.45, 7) is 18.2. The lowest BCUT2D eigenvalue weighted by molar-refractivity contribution is -0.401. The molecule has 0 amide bonds. The minimum Gasteiger partial charge on any atom is -0.436 e. The number of ether oxygens (including phenoxy) is 1. The summed E-state index contributed by atoms with van der Waals surface area (Å²) in [5.41, 5.74) is -2.59. The van der Waals surface area contributed by atoms with Crippen LogP contribution in [0.3, 0.4) is 0 Å². The van der Waals surface area contributed by atoms with Crippen molar-refractivity contribution in [1.82, 2.24) is 0 Å². The van der Waals surface area contributed by atoms with Gasteiger partial charge in [0.1, 0.15) is 5.60 Å². The van der Waals surface area contributed by atoms with Crippen molar-refractivity contribution in [3.05, 3.63) is 0 Å². The van der Waals surface area contributed by atoms with Gasteiger partial charge in [0.05, 0.1) is 11.1 Å². The summed E-state index contributed by atoms with van der Waals surface area (Å²) in [5.74, 6) is -0.414. The molecule has 0 heterocycles. The third-order valence-electron chi connectivity index (χ3n) is 2.20. The maximum Gasteiger partial charge on any atom is 0.304 e. The first-order valence-electron chi connectivity index (χ1n) is 7.54. The van der Waals surface area contributed by atoms with Crippen molar-refractivity contribution in [3.8, 4) is 0 Å². The van der Waals surface area contributed by atoms with Gasteiger partial charge in [-0.2, -0.15) is 5.11 Å². The van der Waals surface area contributed by atoms with Crippen LogP contribution in [-0.2, 0) is 19.3 Å². The van der Waals surface area contributed by atoms with Crippen LogP contribution in [0.25, 0.3) is 0 Å². The number of rotatable bonds is 6. The molecule has 0 fully saturated rings. The minimum absolute atomic E-state index is 0.315. The fourth-order valence-electron chi connectivity index (χ4n) is 1.71. The third kappa shape index (κ3) is 10.7. The zero-order chi connectivity index (χ0) is 17.8. The molecule has 0 aromatic rings. The Hall–Kier alpha value is -1.01. The monoisotopic (exact) mass is 316 g/mol. The van der Waals surface area contributed by atoms with E-state index >= 15 is 0 Å². The van der Waals surface area contributed by atoms with Gasteiger partial charge in [-0.05, 0) is 62.3 Å². The van der Waals surface area contributed by atoms with Crippen molar-refractivity contribution in [3.63, 3.8) is 0 Å². The normalized spacial score (nSPS) is 16.6. The maximum atomic E-state index is 11.4. The number of hydrogen-bond acceptors (Lipinski definition) is 6. The predicted molar refractivity (Wildman–Crippen MR) is 85.4 cm³/mol. The average Bonchev–Trinajstić information content (AvgIpc) is 2.20. The molecule has 0 saturated carbocycles. The second-order valence-corrected chi connectivity index (χ2v) is 8.35. The van der Waals surface area contributed by atoms with E-state index in [-0.39, 0.29) is 5.54 Å². The van der Waals surface area contributed by atoms with E-state index in [2.05, 4.69) is 10.2 Å². The lowest BCUT2D eigenvalue weighted by Gasteiger charge is -2.34. The first-order chi connectivity index (χ1) is 9.54. The molecule has 130 valence electrons. The van der Waals surface area contributed by atoms with Gasteiger partial charge < -0.3 is 4.74 Å². The molecule has 0 saturated heterocycles. The van der Waals surface area contributed by atoms with Crippen molar-refractivity contribution in [2.75, 3.05) is 0 Å². The van der Waals surface area contributed by atoms with E-state index in [9.17, 15) is 4.79 Å². The number of nitrogens with zero attached hydrogens (tertiary/aromatic N) is 2. The van der Waals surface area contributed by atoms with Gasteiger partial charge in [0, 0.05) is 13.3 Å². The molecule has 0 radical (unpaired) electrons. The second kappa shape index (κ2) is 7.04. The highest BCUT2D eigenvalue weighted by Gasteiger charge is 2.38. The van der Waals surface area contributed by atoms with Crippen molar-refractivity contribution < 1.29 is 19.3 Å². The number of carbonyl (C=O) groups excluding carboxylic acids is 1. The summed E-state index contributed by atoms with van der Waals surface area (Å²) < 4.78 is 5.37. The molecule has 6 nitrogen and oxygen atoms in total. The van der Waals surface area contributed by atoms with Crippen LogP contribution in [0.2, 0.25) is 0 Å². The summed E-state index contributed by atoms with van der Waals surface area (Å²) >= 11 is 0. The largest absolute Gasteiger partial charge is 0.436 e. The van der Waals surface area contributed by atoms with Crippen LogP contribution in [0.15, 0.2) is 10.2 Å². The van der Waals surface area contributed by atoms with Gasteiger partial charge in [0.15, 0.2) is 0 Å². The number of hydrogen-bond donors (Lipinski definition) is 0. The first-order valence-corrected chi connectivity index (χ1v) is 7.54. The van der Waals surface area contributed by atoms with Gasteiger partial charge >= 0.3 is 5.97 Å². The van der Waals surface area contributed by atoms with E-state index in [0.717, 1.165) is 0 Å². The smallest absolute Gasteiger partial charge is 0.304 e. The van der Waals surface area contributed by atoms with Gasteiger partial charge in [-0.3, -0.25) is 4.79 Å². The summed E-state index contributed by atoms with van der Waals surface area (Å²) in [6.07, 6.45) is 0.315. The molecular formula is C16H32N2O4. The average molecular weight is 316 g/mol. The van der Waals surface area contributed by atoms with Crippen LogP contribution >= 0.6 is 0 Å². The Morgan fingerprint density at radius 3 is 1.73 bits per heavy atom. The molecule has 0 aliphatic heterocycles. The highest BCUT2D eigenvalue weighted by Crippen LogP contribution is 2.30. The highest BCUT2D eigenvalue weighted by molar-refractivity contribution is 5.66. The molecule has 0 aliphatic rings. The van der Waals surface area contributed by atoms with Crippen molar-refractivity contribution in [2.45, 2.75) is 98.1 Å². The van der Waals surface area contributed by atoms with Crippen LogP contribution in [-0.4, -0.2) is 28.4 Å². The Morgan fingerprint density at radius 1 is 0.864 bits per heavy atom. The Kier molecular flexibility index (Phi) is 6.72. The van der Waals surface area contributed by atoms with Crippen LogP contribution in [0.1, 0.15) is 75.7 Å². The molecule has 0 aliphatic carbocycles. The number of azo groups is 1. The summed E-state index contributed by atoms with van der Waals surface area (Å²) in [6, 6.07) is 0. The van der Waals surface area contributed by atoms with E-state index in [1.807, 2.05) is 55.4 Å². The van der Waals surface area contributed by atoms with E-state index in [0.29, 0.717) is 6.42 Å². The van der Waals surface area contributed by atoms with Gasteiger partial charge in [0.25, 0.3) is 0 Å². The van der Waals surface area contributed by atoms with Gasteiger partial charge in [0.2, 0.25) is 5.72 Å². The molecule has 1 atom stereocenters. The molecule has 0 aromatic carbocycles. The third-order valence-corrected chi connectivity index (χ3v) is 2.20. The molecular weight excluding hydrogens is 284 g/mol. The molecule has 22 heavy (non-hydrogen) atoms. The summed E-state index contributed by atoms with van der Waals surface area (Å²) in [7, 11) is 0. The van der Waals surface area contributed by atoms with Crippen molar-refractivity contribution in [1.29, 1.82) is 0 Å². The van der Waals surface area contributed by atoms with E-state index in [1.165, 1.54) is 6.92 Å². The van der Waals surface area contributed by atoms with Gasteiger partial charge in [-0.1, -0.05) is 0 Å². The Balaban J connectivity index is 5.12. The molecule has 6 heteroatoms. The van der Waals surface area contributed by atoms with E-state index in [1.54, 1.807) is 6.92 Å². The second-order valence-electron chi connectivity index (χ2n) is 8.35. The van der Waals surface area contributed by atoms with E-state index < -0.39 is 22.9 Å². The van der Waals surface area contributed by atoms with Crippen LogP contribution in [0, 0.1) is 0 Å². The van der Waals surface area contributed by atoms with Crippen LogP contribution in [0.5, 0.6) is 0 Å². The first kappa shape index (κ1) is 21.0. The summed E-state index contributed by atoms with van der Waals surface area (Å²) in [4.78, 5) is 22.3. The number of carbonyl (C=O) groups is 1. The maximum absolute atomic E-state index is 11.4. The van der Waals surface area contributed by atoms with Crippen LogP contribution < -0.4 is 0 Å². The Labute approximate surface area is 134 Å². The Bertz CT molecular complexity index is 405. The van der Waals surface area contributed by atoms with E-state index in [4.69, 9.17) is 14.5 Å². The topological polar surface area (TPSA) is 69.5 Å². The molecule has 1 unspecified atom stereocenters. The van der Waals surface area contributed by atoms with Crippen molar-refractivity contribution in [2.24, 2.45) is 10.2 Å². The fourth-order valence-corrected chi connectivity index (χ4v) is 1.71. The SMILES string of the molecule is CC(=O)OC(C)(CC(C)(C)OOC(C)(C)C)N=NC(C)(C)C. The van der Waals surface area contributed by atoms with Crippen molar-refractivity contribution >= 4 is 5.97 Å². The zero-order valence-corrected chi connectivity index (χ0v) is 15.7. The number of esters is 1. The highest BCUT2D eigenvalue weighted by atomic mass is 17.2. The molecule has 0 N–H and O–H groups in total.